The van der Waals surface area contributed by atoms with Crippen LogP contribution in [0.3, 0.4) is 0 Å². The van der Waals surface area contributed by atoms with E-state index in [-0.39, 0.29) is 11.5 Å². The fraction of sp³-hybridized carbons (Fsp3) is 0.316. The summed E-state index contributed by atoms with van der Waals surface area (Å²) in [7, 11) is 0. The van der Waals surface area contributed by atoms with Gasteiger partial charge in [-0.25, -0.2) is 4.79 Å². The average Bonchev–Trinajstić information content (AvgIpc) is 2.84. The highest BCUT2D eigenvalue weighted by Crippen LogP contribution is 2.20. The van der Waals surface area contributed by atoms with Crippen molar-refractivity contribution in [3.63, 3.8) is 0 Å². The molecule has 0 bridgehead atoms. The van der Waals surface area contributed by atoms with Gasteiger partial charge in [-0.3, -0.25) is 9.59 Å². The Hall–Kier alpha value is -2.89. The Labute approximate surface area is 146 Å². The summed E-state index contributed by atoms with van der Waals surface area (Å²) in [6.45, 7) is 8.28. The molecule has 2 rings (SSSR count). The molecule has 1 aromatic carbocycles. The fourth-order valence-electron chi connectivity index (χ4n) is 2.64. The zero-order valence-corrected chi connectivity index (χ0v) is 15.0. The van der Waals surface area contributed by atoms with Crippen LogP contribution in [-0.4, -0.2) is 28.7 Å². The number of carbonyl (C=O) groups excluding carboxylic acids is 3. The molecule has 0 fully saturated rings. The second-order valence-corrected chi connectivity index (χ2v) is 6.08. The first kappa shape index (κ1) is 18.4. The summed E-state index contributed by atoms with van der Waals surface area (Å²) in [5.41, 5.74) is 3.51. The maximum absolute atomic E-state index is 12.3. The normalized spacial score (nSPS) is 11.7. The first-order chi connectivity index (χ1) is 11.7. The highest BCUT2D eigenvalue weighted by Gasteiger charge is 2.24. The van der Waals surface area contributed by atoms with Crippen LogP contribution >= 0.6 is 0 Å². The van der Waals surface area contributed by atoms with Gasteiger partial charge in [-0.2, -0.15) is 0 Å². The van der Waals surface area contributed by atoms with Gasteiger partial charge in [0.05, 0.1) is 0 Å². The molecule has 0 spiro atoms. The van der Waals surface area contributed by atoms with Gasteiger partial charge in [0.15, 0.2) is 11.9 Å². The number of hydrogen-bond donors (Lipinski definition) is 2. The van der Waals surface area contributed by atoms with Crippen LogP contribution < -0.4 is 5.32 Å². The molecule has 0 saturated carbocycles. The fourth-order valence-corrected chi connectivity index (χ4v) is 2.64. The lowest BCUT2D eigenvalue weighted by atomic mass is 10.1. The maximum Gasteiger partial charge on any atom is 0.355 e. The number of amides is 1. The zero-order valence-electron chi connectivity index (χ0n) is 15.0. The number of aromatic amines is 1. The molecule has 0 radical (unpaired) electrons. The number of benzene rings is 1. The van der Waals surface area contributed by atoms with Gasteiger partial charge in [0.2, 0.25) is 0 Å². The predicted molar refractivity (Wildman–Crippen MR) is 95.0 cm³/mol. The Morgan fingerprint density at radius 3 is 2.20 bits per heavy atom. The molecule has 1 heterocycles. The Bertz CT molecular complexity index is 819. The van der Waals surface area contributed by atoms with Crippen LogP contribution in [0, 0.1) is 20.8 Å². The quantitative estimate of drug-likeness (QED) is 0.644. The molecule has 2 aromatic rings. The molecule has 1 atom stereocenters. The van der Waals surface area contributed by atoms with Crippen molar-refractivity contribution in [3.05, 3.63) is 52.3 Å². The zero-order chi connectivity index (χ0) is 18.7. The van der Waals surface area contributed by atoms with E-state index in [0.717, 1.165) is 5.56 Å². The van der Waals surface area contributed by atoms with Gasteiger partial charge in [-0.05, 0) is 52.3 Å². The largest absolute Gasteiger partial charge is 0.448 e. The molecular formula is C19H22N2O4. The van der Waals surface area contributed by atoms with E-state index in [0.29, 0.717) is 22.5 Å². The van der Waals surface area contributed by atoms with Crippen LogP contribution in [0.15, 0.2) is 24.3 Å². The van der Waals surface area contributed by atoms with Crippen molar-refractivity contribution in [2.75, 3.05) is 5.32 Å². The van der Waals surface area contributed by atoms with Gasteiger partial charge < -0.3 is 15.0 Å². The Morgan fingerprint density at radius 1 is 1.08 bits per heavy atom. The summed E-state index contributed by atoms with van der Waals surface area (Å²) in [5, 5.41) is 2.69. The van der Waals surface area contributed by atoms with Gasteiger partial charge in [-0.1, -0.05) is 17.7 Å². The number of nitrogens with one attached hydrogen (secondary N) is 2. The van der Waals surface area contributed by atoms with Gasteiger partial charge in [-0.15, -0.1) is 0 Å². The summed E-state index contributed by atoms with van der Waals surface area (Å²) in [5.74, 6) is -1.22. The molecule has 1 aromatic heterocycles. The van der Waals surface area contributed by atoms with E-state index in [1.165, 1.54) is 13.8 Å². The van der Waals surface area contributed by atoms with Crippen LogP contribution in [0.5, 0.6) is 0 Å². The Balaban J connectivity index is 2.07. The molecule has 132 valence electrons. The number of Topliss-reactive ketones (excluding diaryl/α,β-unsaturated/α-hetero) is 1. The maximum atomic E-state index is 12.3. The Kier molecular flexibility index (Phi) is 5.41. The van der Waals surface area contributed by atoms with Crippen molar-refractivity contribution in [3.8, 4) is 0 Å². The van der Waals surface area contributed by atoms with Crippen molar-refractivity contribution in [2.24, 2.45) is 0 Å². The van der Waals surface area contributed by atoms with E-state index in [1.807, 2.05) is 19.1 Å². The standard InChI is InChI=1S/C19H22N2O4/c1-10-6-8-15(9-7-10)21-18(23)14(5)25-19(24)17-11(2)16(13(4)22)12(3)20-17/h6-9,14,20H,1-5H3,(H,21,23). The minimum absolute atomic E-state index is 0.129. The molecule has 0 aliphatic heterocycles. The predicted octanol–water partition coefficient (Wildman–Crippen LogP) is 3.33. The molecular weight excluding hydrogens is 320 g/mol. The average molecular weight is 342 g/mol. The van der Waals surface area contributed by atoms with E-state index in [4.69, 9.17) is 4.74 Å². The number of ketones is 1. The number of hydrogen-bond acceptors (Lipinski definition) is 4. The summed E-state index contributed by atoms with van der Waals surface area (Å²) in [6.07, 6.45) is -0.974. The summed E-state index contributed by atoms with van der Waals surface area (Å²) >= 11 is 0. The number of aromatic nitrogens is 1. The van der Waals surface area contributed by atoms with Crippen molar-refractivity contribution in [1.82, 2.24) is 4.98 Å². The van der Waals surface area contributed by atoms with Crippen LogP contribution in [0.4, 0.5) is 5.69 Å². The van der Waals surface area contributed by atoms with Crippen molar-refractivity contribution >= 4 is 23.3 Å². The molecule has 6 nitrogen and oxygen atoms in total. The number of esters is 1. The van der Waals surface area contributed by atoms with Gasteiger partial charge >= 0.3 is 5.97 Å². The van der Waals surface area contributed by atoms with Gasteiger partial charge in [0, 0.05) is 16.9 Å². The minimum Gasteiger partial charge on any atom is -0.448 e. The molecule has 0 aliphatic rings. The number of aryl methyl sites for hydroxylation is 2. The molecule has 6 heteroatoms. The highest BCUT2D eigenvalue weighted by molar-refractivity contribution is 6.02. The lowest BCUT2D eigenvalue weighted by molar-refractivity contribution is -0.123. The van der Waals surface area contributed by atoms with Crippen molar-refractivity contribution in [2.45, 2.75) is 40.7 Å². The van der Waals surface area contributed by atoms with Gasteiger partial charge in [0.1, 0.15) is 5.69 Å². The summed E-state index contributed by atoms with van der Waals surface area (Å²) in [6, 6.07) is 7.31. The Morgan fingerprint density at radius 2 is 1.68 bits per heavy atom. The molecule has 0 aliphatic carbocycles. The topological polar surface area (TPSA) is 88.3 Å². The number of ether oxygens (including phenoxy) is 1. The molecule has 2 N–H and O–H groups in total. The van der Waals surface area contributed by atoms with E-state index in [1.54, 1.807) is 26.0 Å². The van der Waals surface area contributed by atoms with Crippen LogP contribution in [0.1, 0.15) is 51.5 Å². The number of anilines is 1. The first-order valence-electron chi connectivity index (χ1n) is 7.99. The van der Waals surface area contributed by atoms with E-state index in [2.05, 4.69) is 10.3 Å². The first-order valence-corrected chi connectivity index (χ1v) is 7.99. The number of carbonyl (C=O) groups is 3. The summed E-state index contributed by atoms with van der Waals surface area (Å²) < 4.78 is 5.23. The molecule has 1 unspecified atom stereocenters. The molecule has 25 heavy (non-hydrogen) atoms. The smallest absolute Gasteiger partial charge is 0.355 e. The minimum atomic E-state index is -0.974. The lowest BCUT2D eigenvalue weighted by Gasteiger charge is -2.13. The second-order valence-electron chi connectivity index (χ2n) is 6.08. The van der Waals surface area contributed by atoms with E-state index >= 15 is 0 Å². The third kappa shape index (κ3) is 4.15. The summed E-state index contributed by atoms with van der Waals surface area (Å²) in [4.78, 5) is 39.0. The monoisotopic (exact) mass is 342 g/mol. The van der Waals surface area contributed by atoms with Crippen molar-refractivity contribution < 1.29 is 19.1 Å². The molecule has 0 saturated heterocycles. The number of rotatable bonds is 5. The SMILES string of the molecule is CC(=O)c1c(C)[nH]c(C(=O)OC(C)C(=O)Nc2ccc(C)cc2)c1C. The van der Waals surface area contributed by atoms with E-state index in [9.17, 15) is 14.4 Å². The highest BCUT2D eigenvalue weighted by atomic mass is 16.5. The number of H-pyrrole nitrogens is 1. The van der Waals surface area contributed by atoms with E-state index < -0.39 is 18.0 Å². The van der Waals surface area contributed by atoms with Crippen LogP contribution in [-0.2, 0) is 9.53 Å². The lowest BCUT2D eigenvalue weighted by Crippen LogP contribution is -2.30. The van der Waals surface area contributed by atoms with Crippen molar-refractivity contribution in [1.29, 1.82) is 0 Å². The van der Waals surface area contributed by atoms with Crippen LogP contribution in [0.2, 0.25) is 0 Å². The molecule has 1 amide bonds. The van der Waals surface area contributed by atoms with Gasteiger partial charge in [0.25, 0.3) is 5.91 Å². The third-order valence-corrected chi connectivity index (χ3v) is 3.97. The van der Waals surface area contributed by atoms with Crippen LogP contribution in [0.25, 0.3) is 0 Å². The third-order valence-electron chi connectivity index (χ3n) is 3.97. The second kappa shape index (κ2) is 7.34.